The number of hydrogen-bond donors (Lipinski definition) is 1. The van der Waals surface area contributed by atoms with E-state index in [1.807, 2.05) is 0 Å². The van der Waals surface area contributed by atoms with Crippen molar-refractivity contribution in [1.29, 1.82) is 0 Å². The van der Waals surface area contributed by atoms with Gasteiger partial charge in [-0.15, -0.1) is 0 Å². The fraction of sp³-hybridized carbons (Fsp3) is 0.714. The van der Waals surface area contributed by atoms with Crippen LogP contribution in [0.4, 0.5) is 0 Å². The molecule has 20 heavy (non-hydrogen) atoms. The van der Waals surface area contributed by atoms with E-state index in [0.717, 1.165) is 12.1 Å². The van der Waals surface area contributed by atoms with E-state index in [1.54, 1.807) is 7.11 Å². The van der Waals surface area contributed by atoms with Crippen molar-refractivity contribution >= 4 is 22.6 Å². The van der Waals surface area contributed by atoms with Crippen molar-refractivity contribution < 1.29 is 9.47 Å². The molecule has 1 aliphatic rings. The minimum atomic E-state index is -0.520. The maximum absolute atomic E-state index is 12.2. The third-order valence-electron chi connectivity index (χ3n) is 3.66. The molecule has 112 valence electrons. The number of aromatic amines is 1. The van der Waals surface area contributed by atoms with Gasteiger partial charge in [-0.05, 0) is 34.9 Å². The molecule has 6 heteroatoms. The molecule has 0 aromatic carbocycles. The zero-order valence-electron chi connectivity index (χ0n) is 12.2. The van der Waals surface area contributed by atoms with Crippen molar-refractivity contribution in [1.82, 2.24) is 9.97 Å². The highest BCUT2D eigenvalue weighted by molar-refractivity contribution is 14.1. The summed E-state index contributed by atoms with van der Waals surface area (Å²) in [5.74, 6) is 1.10. The molecule has 0 atom stereocenters. The molecule has 0 unspecified atom stereocenters. The van der Waals surface area contributed by atoms with Crippen LogP contribution >= 0.6 is 22.6 Å². The van der Waals surface area contributed by atoms with Crippen LogP contribution in [0.3, 0.4) is 0 Å². The van der Waals surface area contributed by atoms with Gasteiger partial charge in [0.15, 0.2) is 0 Å². The summed E-state index contributed by atoms with van der Waals surface area (Å²) < 4.78 is 11.8. The monoisotopic (exact) mass is 392 g/mol. The Labute approximate surface area is 132 Å². The van der Waals surface area contributed by atoms with Crippen molar-refractivity contribution in [2.24, 2.45) is 5.92 Å². The first-order valence-corrected chi connectivity index (χ1v) is 7.98. The molecule has 5 nitrogen and oxygen atoms in total. The second-order valence-corrected chi connectivity index (χ2v) is 6.66. The van der Waals surface area contributed by atoms with E-state index in [1.165, 1.54) is 0 Å². The highest BCUT2D eigenvalue weighted by Gasteiger charge is 2.37. The van der Waals surface area contributed by atoms with Gasteiger partial charge in [0.05, 0.1) is 9.26 Å². The van der Waals surface area contributed by atoms with Crippen LogP contribution in [0.1, 0.15) is 38.2 Å². The Morgan fingerprint density at radius 3 is 2.65 bits per heavy atom. The molecule has 1 aliphatic heterocycles. The van der Waals surface area contributed by atoms with E-state index in [0.29, 0.717) is 41.4 Å². The van der Waals surface area contributed by atoms with Gasteiger partial charge < -0.3 is 14.5 Å². The predicted molar refractivity (Wildman–Crippen MR) is 84.9 cm³/mol. The summed E-state index contributed by atoms with van der Waals surface area (Å²) in [6.45, 7) is 5.50. The molecule has 1 aromatic rings. The molecule has 1 saturated heterocycles. The van der Waals surface area contributed by atoms with Gasteiger partial charge in [-0.3, -0.25) is 4.79 Å². The fourth-order valence-electron chi connectivity index (χ4n) is 2.48. The summed E-state index contributed by atoms with van der Waals surface area (Å²) in [5, 5.41) is 0. The molecule has 0 spiro atoms. The maximum atomic E-state index is 12.2. The van der Waals surface area contributed by atoms with Crippen LogP contribution in [0.25, 0.3) is 0 Å². The molecule has 0 radical (unpaired) electrons. The Kier molecular flexibility index (Phi) is 5.19. The highest BCUT2D eigenvalue weighted by Crippen LogP contribution is 2.33. The molecule has 1 N–H and O–H groups in total. The van der Waals surface area contributed by atoms with E-state index in [2.05, 4.69) is 41.4 Å². The summed E-state index contributed by atoms with van der Waals surface area (Å²) >= 11 is 2.07. The second-order valence-electron chi connectivity index (χ2n) is 5.58. The van der Waals surface area contributed by atoms with E-state index >= 15 is 0 Å². The lowest BCUT2D eigenvalue weighted by atomic mass is 9.92. The first-order valence-electron chi connectivity index (χ1n) is 6.90. The van der Waals surface area contributed by atoms with E-state index in [9.17, 15) is 4.79 Å². The molecule has 2 heterocycles. The van der Waals surface area contributed by atoms with Crippen LogP contribution in [0.5, 0.6) is 0 Å². The summed E-state index contributed by atoms with van der Waals surface area (Å²) in [6.07, 6.45) is 2.23. The highest BCUT2D eigenvalue weighted by atomic mass is 127. The molecular weight excluding hydrogens is 371 g/mol. The quantitative estimate of drug-likeness (QED) is 0.799. The van der Waals surface area contributed by atoms with Crippen LogP contribution in [-0.4, -0.2) is 30.3 Å². The normalized spacial score (nSPS) is 18.4. The van der Waals surface area contributed by atoms with Crippen LogP contribution < -0.4 is 5.56 Å². The smallest absolute Gasteiger partial charge is 0.264 e. The third-order valence-corrected chi connectivity index (χ3v) is 4.77. The number of nitrogens with zero attached hydrogens (tertiary/aromatic N) is 1. The predicted octanol–water partition coefficient (Wildman–Crippen LogP) is 2.23. The number of nitrogens with one attached hydrogen (secondary N) is 1. The van der Waals surface area contributed by atoms with Crippen LogP contribution in [0, 0.1) is 9.49 Å². The number of rotatable bonds is 4. The van der Waals surface area contributed by atoms with Gasteiger partial charge in [-0.2, -0.15) is 0 Å². The largest absolute Gasteiger partial charge is 0.381 e. The Morgan fingerprint density at radius 1 is 1.45 bits per heavy atom. The molecule has 0 bridgehead atoms. The van der Waals surface area contributed by atoms with Crippen molar-refractivity contribution in [2.45, 2.75) is 38.7 Å². The first kappa shape index (κ1) is 15.9. The number of aromatic nitrogens is 2. The van der Waals surface area contributed by atoms with E-state index in [-0.39, 0.29) is 5.56 Å². The van der Waals surface area contributed by atoms with Crippen molar-refractivity contribution in [3.8, 4) is 0 Å². The van der Waals surface area contributed by atoms with Crippen molar-refractivity contribution in [3.05, 3.63) is 25.4 Å². The van der Waals surface area contributed by atoms with E-state index < -0.39 is 5.60 Å². The van der Waals surface area contributed by atoms with Gasteiger partial charge in [0.1, 0.15) is 11.4 Å². The van der Waals surface area contributed by atoms with E-state index in [4.69, 9.17) is 14.5 Å². The topological polar surface area (TPSA) is 64.2 Å². The van der Waals surface area contributed by atoms with Gasteiger partial charge in [0, 0.05) is 33.2 Å². The second kappa shape index (κ2) is 6.53. The minimum absolute atomic E-state index is 0.0748. The molecule has 0 amide bonds. The van der Waals surface area contributed by atoms with Crippen LogP contribution in [0.2, 0.25) is 0 Å². The molecule has 1 aromatic heterocycles. The Hall–Kier alpha value is -0.470. The SMILES string of the molecule is COC1(c2nc(CC(C)C)c(I)c(=O)[nH]2)CCOCC1. The average Bonchev–Trinajstić information content (AvgIpc) is 2.44. The summed E-state index contributed by atoms with van der Waals surface area (Å²) in [7, 11) is 1.67. The summed E-state index contributed by atoms with van der Waals surface area (Å²) in [5.41, 5.74) is 0.268. The Morgan fingerprint density at radius 2 is 2.10 bits per heavy atom. The Bertz CT molecular complexity index is 522. The maximum Gasteiger partial charge on any atom is 0.264 e. The molecule has 2 rings (SSSR count). The summed E-state index contributed by atoms with van der Waals surface area (Å²) in [6, 6.07) is 0. The zero-order valence-corrected chi connectivity index (χ0v) is 14.3. The van der Waals surface area contributed by atoms with Crippen LogP contribution in [-0.2, 0) is 21.5 Å². The number of ether oxygens (including phenoxy) is 2. The minimum Gasteiger partial charge on any atom is -0.381 e. The van der Waals surface area contributed by atoms with Crippen molar-refractivity contribution in [3.63, 3.8) is 0 Å². The molecule has 0 saturated carbocycles. The average molecular weight is 392 g/mol. The Balaban J connectivity index is 2.45. The number of H-pyrrole nitrogens is 1. The lowest BCUT2D eigenvalue weighted by molar-refractivity contribution is -0.100. The van der Waals surface area contributed by atoms with Gasteiger partial charge in [-0.25, -0.2) is 4.98 Å². The van der Waals surface area contributed by atoms with Gasteiger partial charge in [-0.1, -0.05) is 13.8 Å². The van der Waals surface area contributed by atoms with Gasteiger partial charge in [0.25, 0.3) is 5.56 Å². The lowest BCUT2D eigenvalue weighted by Gasteiger charge is -2.35. The zero-order chi connectivity index (χ0) is 14.8. The van der Waals surface area contributed by atoms with Gasteiger partial charge >= 0.3 is 0 Å². The van der Waals surface area contributed by atoms with Gasteiger partial charge in [0.2, 0.25) is 0 Å². The first-order chi connectivity index (χ1) is 9.48. The number of methoxy groups -OCH3 is 1. The third kappa shape index (κ3) is 3.23. The fourth-order valence-corrected chi connectivity index (χ4v) is 2.96. The van der Waals surface area contributed by atoms with Crippen LogP contribution in [0.15, 0.2) is 4.79 Å². The van der Waals surface area contributed by atoms with Crippen molar-refractivity contribution in [2.75, 3.05) is 20.3 Å². The molecule has 1 fully saturated rings. The summed E-state index contributed by atoms with van der Waals surface area (Å²) in [4.78, 5) is 19.7. The number of halogens is 1. The molecule has 0 aliphatic carbocycles. The molecular formula is C14H21IN2O3. The standard InChI is InChI=1S/C14H21IN2O3/c1-9(2)8-10-11(15)12(18)17-13(16-10)14(19-3)4-6-20-7-5-14/h9H,4-8H2,1-3H3,(H,16,17,18). The number of hydrogen-bond acceptors (Lipinski definition) is 4. The lowest BCUT2D eigenvalue weighted by Crippen LogP contribution is -2.39.